The molecule has 26 heavy (non-hydrogen) atoms. The van der Waals surface area contributed by atoms with Gasteiger partial charge >= 0.3 is 12.1 Å². The van der Waals surface area contributed by atoms with Crippen molar-refractivity contribution in [2.24, 2.45) is 23.7 Å². The quantitative estimate of drug-likeness (QED) is 0.771. The van der Waals surface area contributed by atoms with Crippen LogP contribution in [0, 0.1) is 23.7 Å². The number of aromatic carboxylic acids is 1. The molecule has 4 rings (SSSR count). The van der Waals surface area contributed by atoms with E-state index in [0.29, 0.717) is 17.8 Å². The van der Waals surface area contributed by atoms with Gasteiger partial charge < -0.3 is 14.6 Å². The maximum atomic E-state index is 13.1. The fourth-order valence-corrected chi connectivity index (χ4v) is 5.39. The van der Waals surface area contributed by atoms with Crippen LogP contribution in [0.5, 0.6) is 5.75 Å². The molecule has 7 heteroatoms. The topological polar surface area (TPSA) is 55.8 Å². The number of ether oxygens (including phenoxy) is 2. The molecule has 0 aromatic heterocycles. The van der Waals surface area contributed by atoms with Gasteiger partial charge in [-0.1, -0.05) is 6.42 Å². The molecule has 3 aliphatic carbocycles. The van der Waals surface area contributed by atoms with Crippen LogP contribution in [-0.2, 0) is 10.9 Å². The van der Waals surface area contributed by atoms with Gasteiger partial charge in [-0.15, -0.1) is 0 Å². The number of alkyl halides is 3. The molecule has 1 aromatic rings. The van der Waals surface area contributed by atoms with Crippen molar-refractivity contribution >= 4 is 5.97 Å². The molecule has 3 saturated carbocycles. The molecule has 0 radical (unpaired) electrons. The molecular weight excluding hydrogens is 349 g/mol. The van der Waals surface area contributed by atoms with Gasteiger partial charge in [-0.3, -0.25) is 0 Å². The third-order valence-electron chi connectivity index (χ3n) is 6.40. The lowest BCUT2D eigenvalue weighted by molar-refractivity contribution is -0.140. The van der Waals surface area contributed by atoms with Crippen molar-refractivity contribution in [3.8, 4) is 5.75 Å². The lowest BCUT2D eigenvalue weighted by Gasteiger charge is -2.31. The summed E-state index contributed by atoms with van der Waals surface area (Å²) in [6.45, 7) is -0.294. The number of hydrogen-bond acceptors (Lipinski definition) is 3. The SMILES string of the molecule is O=C(O)c1ccc(C(F)(F)F)c(OCOC2CC3CC2C2CCCC32)c1. The van der Waals surface area contributed by atoms with Crippen molar-refractivity contribution in [1.29, 1.82) is 0 Å². The number of carboxylic acid groups (broad SMARTS) is 1. The van der Waals surface area contributed by atoms with E-state index in [-0.39, 0.29) is 18.5 Å². The van der Waals surface area contributed by atoms with Crippen LogP contribution in [0.4, 0.5) is 13.2 Å². The van der Waals surface area contributed by atoms with Gasteiger partial charge in [0.05, 0.1) is 17.2 Å². The Morgan fingerprint density at radius 2 is 1.92 bits per heavy atom. The van der Waals surface area contributed by atoms with E-state index in [1.165, 1.54) is 19.3 Å². The van der Waals surface area contributed by atoms with Crippen LogP contribution in [0.15, 0.2) is 18.2 Å². The van der Waals surface area contributed by atoms with Crippen LogP contribution in [0.1, 0.15) is 48.0 Å². The molecule has 0 spiro atoms. The summed E-state index contributed by atoms with van der Waals surface area (Å²) in [6.07, 6.45) is 1.32. The highest BCUT2D eigenvalue weighted by Gasteiger charge is 2.54. The number of rotatable bonds is 5. The van der Waals surface area contributed by atoms with Gasteiger partial charge in [0, 0.05) is 0 Å². The van der Waals surface area contributed by atoms with Gasteiger partial charge in [-0.25, -0.2) is 4.79 Å². The minimum absolute atomic E-state index is 0.0383. The summed E-state index contributed by atoms with van der Waals surface area (Å²) in [6, 6.07) is 2.57. The standard InChI is InChI=1S/C19H21F3O4/c20-19(21,22)15-5-4-10(18(23)24)7-17(15)26-9-25-16-8-11-6-14(16)13-3-1-2-12(11)13/h4-5,7,11-14,16H,1-3,6,8-9H2,(H,23,24). The molecule has 3 aliphatic rings. The molecule has 0 amide bonds. The van der Waals surface area contributed by atoms with Gasteiger partial charge in [0.25, 0.3) is 0 Å². The minimum atomic E-state index is -4.62. The lowest BCUT2D eigenvalue weighted by atomic mass is 9.80. The van der Waals surface area contributed by atoms with E-state index >= 15 is 0 Å². The van der Waals surface area contributed by atoms with E-state index < -0.39 is 23.5 Å². The zero-order valence-corrected chi connectivity index (χ0v) is 14.2. The second-order valence-corrected chi connectivity index (χ2v) is 7.64. The number of hydrogen-bond donors (Lipinski definition) is 1. The van der Waals surface area contributed by atoms with E-state index in [9.17, 15) is 18.0 Å². The number of halogens is 3. The molecule has 2 bridgehead atoms. The Labute approximate surface area is 149 Å². The number of fused-ring (bicyclic) bond motifs is 5. The van der Waals surface area contributed by atoms with Gasteiger partial charge in [0.15, 0.2) is 6.79 Å². The Bertz CT molecular complexity index is 703. The maximum absolute atomic E-state index is 13.1. The molecule has 3 fully saturated rings. The first-order valence-corrected chi connectivity index (χ1v) is 9.03. The smallest absolute Gasteiger partial charge is 0.419 e. The summed E-state index contributed by atoms with van der Waals surface area (Å²) in [5, 5.41) is 8.99. The van der Waals surface area contributed by atoms with Crippen molar-refractivity contribution in [2.75, 3.05) is 6.79 Å². The van der Waals surface area contributed by atoms with Gasteiger partial charge in [-0.2, -0.15) is 13.2 Å². The molecule has 5 atom stereocenters. The molecule has 4 nitrogen and oxygen atoms in total. The summed E-state index contributed by atoms with van der Waals surface area (Å²) in [4.78, 5) is 11.0. The van der Waals surface area contributed by atoms with Gasteiger partial charge in [0.2, 0.25) is 0 Å². The normalized spacial score (nSPS) is 32.7. The molecular formula is C19H21F3O4. The molecule has 0 aliphatic heterocycles. The van der Waals surface area contributed by atoms with Crippen LogP contribution in [-0.4, -0.2) is 24.0 Å². The van der Waals surface area contributed by atoms with E-state index in [1.807, 2.05) is 0 Å². The predicted molar refractivity (Wildman–Crippen MR) is 85.8 cm³/mol. The van der Waals surface area contributed by atoms with E-state index in [4.69, 9.17) is 14.6 Å². The predicted octanol–water partition coefficient (Wildman–Crippen LogP) is 4.58. The number of carboxylic acids is 1. The third-order valence-corrected chi connectivity index (χ3v) is 6.40. The van der Waals surface area contributed by atoms with Crippen molar-refractivity contribution in [1.82, 2.24) is 0 Å². The van der Waals surface area contributed by atoms with Crippen LogP contribution < -0.4 is 4.74 Å². The summed E-state index contributed by atoms with van der Waals surface area (Å²) >= 11 is 0. The minimum Gasteiger partial charge on any atom is -0.478 e. The van der Waals surface area contributed by atoms with Crippen LogP contribution in [0.2, 0.25) is 0 Å². The monoisotopic (exact) mass is 370 g/mol. The molecule has 0 saturated heterocycles. The Morgan fingerprint density at radius 1 is 1.15 bits per heavy atom. The summed E-state index contributed by atoms with van der Waals surface area (Å²) in [5.41, 5.74) is -1.24. The average molecular weight is 370 g/mol. The summed E-state index contributed by atoms with van der Waals surface area (Å²) in [5.74, 6) is 0.871. The van der Waals surface area contributed by atoms with Crippen molar-refractivity contribution in [3.05, 3.63) is 29.3 Å². The second-order valence-electron chi connectivity index (χ2n) is 7.64. The third kappa shape index (κ3) is 3.06. The molecule has 1 aromatic carbocycles. The lowest BCUT2D eigenvalue weighted by Crippen LogP contribution is -2.31. The van der Waals surface area contributed by atoms with Crippen LogP contribution >= 0.6 is 0 Å². The first kappa shape index (κ1) is 17.6. The molecule has 1 N–H and O–H groups in total. The zero-order chi connectivity index (χ0) is 18.5. The highest BCUT2D eigenvalue weighted by atomic mass is 19.4. The Hall–Kier alpha value is -1.76. The van der Waals surface area contributed by atoms with Crippen molar-refractivity contribution in [2.45, 2.75) is 44.4 Å². The average Bonchev–Trinajstić information content (AvgIpc) is 3.26. The van der Waals surface area contributed by atoms with Crippen LogP contribution in [0.25, 0.3) is 0 Å². The van der Waals surface area contributed by atoms with Gasteiger partial charge in [-0.05, 0) is 67.6 Å². The highest BCUT2D eigenvalue weighted by molar-refractivity contribution is 5.88. The Balaban J connectivity index is 1.42. The number of carbonyl (C=O) groups is 1. The summed E-state index contributed by atoms with van der Waals surface area (Å²) in [7, 11) is 0. The fourth-order valence-electron chi connectivity index (χ4n) is 5.39. The molecule has 5 unspecified atom stereocenters. The molecule has 142 valence electrons. The van der Waals surface area contributed by atoms with E-state index in [1.54, 1.807) is 0 Å². The van der Waals surface area contributed by atoms with Crippen molar-refractivity contribution in [3.63, 3.8) is 0 Å². The van der Waals surface area contributed by atoms with Crippen molar-refractivity contribution < 1.29 is 32.5 Å². The Morgan fingerprint density at radius 3 is 2.65 bits per heavy atom. The zero-order valence-electron chi connectivity index (χ0n) is 14.2. The molecule has 0 heterocycles. The maximum Gasteiger partial charge on any atom is 0.419 e. The van der Waals surface area contributed by atoms with Gasteiger partial charge in [0.1, 0.15) is 5.75 Å². The first-order chi connectivity index (χ1) is 12.3. The largest absolute Gasteiger partial charge is 0.478 e. The summed E-state index contributed by atoms with van der Waals surface area (Å²) < 4.78 is 50.3. The highest BCUT2D eigenvalue weighted by Crippen LogP contribution is 2.59. The van der Waals surface area contributed by atoms with E-state index in [0.717, 1.165) is 37.0 Å². The fraction of sp³-hybridized carbons (Fsp3) is 0.632. The Kier molecular flexibility index (Phi) is 4.37. The number of benzene rings is 1. The van der Waals surface area contributed by atoms with E-state index in [2.05, 4.69) is 0 Å². The van der Waals surface area contributed by atoms with Crippen LogP contribution in [0.3, 0.4) is 0 Å². The second kappa shape index (κ2) is 6.44. The first-order valence-electron chi connectivity index (χ1n) is 9.03.